The molecule has 2 amide bonds. The second-order valence-corrected chi connectivity index (χ2v) is 6.68. The maximum Gasteiger partial charge on any atom is 0.401 e. The molecule has 0 aromatic heterocycles. The van der Waals surface area contributed by atoms with Crippen molar-refractivity contribution in [2.75, 3.05) is 32.8 Å². The monoisotopic (exact) mass is 357 g/mol. The first-order valence-electron chi connectivity index (χ1n) is 8.43. The zero-order valence-electron chi connectivity index (χ0n) is 13.8. The van der Waals surface area contributed by atoms with E-state index in [0.717, 1.165) is 17.7 Å². The molecule has 1 aromatic rings. The van der Waals surface area contributed by atoms with Crippen LogP contribution in [0.3, 0.4) is 0 Å². The molecule has 2 N–H and O–H groups in total. The number of para-hydroxylation sites is 1. The molecule has 0 radical (unpaired) electrons. The average Bonchev–Trinajstić information content (AvgIpc) is 2.97. The highest BCUT2D eigenvalue weighted by atomic mass is 19.4. The minimum atomic E-state index is -4.20. The summed E-state index contributed by atoms with van der Waals surface area (Å²) < 4.78 is 42.8. The third kappa shape index (κ3) is 5.26. The fraction of sp³-hybridized carbons (Fsp3) is 0.588. The Hall–Kier alpha value is -1.96. The number of likely N-dealkylation sites (tertiary alicyclic amines) is 1. The van der Waals surface area contributed by atoms with Gasteiger partial charge in [0.2, 0.25) is 0 Å². The average molecular weight is 357 g/mol. The number of urea groups is 1. The highest BCUT2D eigenvalue weighted by Gasteiger charge is 2.34. The van der Waals surface area contributed by atoms with Crippen LogP contribution in [0.25, 0.3) is 0 Å². The summed E-state index contributed by atoms with van der Waals surface area (Å²) in [5.74, 6) is 1.07. The number of halogens is 3. The van der Waals surface area contributed by atoms with Crippen LogP contribution < -0.4 is 15.4 Å². The van der Waals surface area contributed by atoms with Crippen molar-refractivity contribution >= 4 is 6.03 Å². The van der Waals surface area contributed by atoms with Crippen molar-refractivity contribution < 1.29 is 22.7 Å². The predicted molar refractivity (Wildman–Crippen MR) is 86.6 cm³/mol. The topological polar surface area (TPSA) is 53.6 Å². The summed E-state index contributed by atoms with van der Waals surface area (Å²) in [5.41, 5.74) is 1.12. The molecule has 2 aliphatic rings. The zero-order chi connectivity index (χ0) is 17.9. The highest BCUT2D eigenvalue weighted by Crippen LogP contribution is 2.26. The lowest BCUT2D eigenvalue weighted by molar-refractivity contribution is -0.143. The Labute approximate surface area is 144 Å². The van der Waals surface area contributed by atoms with Crippen molar-refractivity contribution in [1.29, 1.82) is 0 Å². The standard InChI is InChI=1S/C17H22F3N3O2/c18-17(19,20)11-23-6-5-14(9-23)22-16(24)21-8-12-7-13-3-1-2-4-15(13)25-10-12/h1-4,12,14H,5-11H2,(H2,21,22,24). The van der Waals surface area contributed by atoms with Gasteiger partial charge in [-0.25, -0.2) is 4.79 Å². The molecular formula is C17H22F3N3O2. The highest BCUT2D eigenvalue weighted by molar-refractivity contribution is 5.74. The van der Waals surface area contributed by atoms with Crippen LogP contribution in [-0.4, -0.2) is 55.9 Å². The van der Waals surface area contributed by atoms with E-state index in [1.807, 2.05) is 24.3 Å². The molecule has 8 heteroatoms. The van der Waals surface area contributed by atoms with Gasteiger partial charge in [0, 0.05) is 31.6 Å². The number of amides is 2. The van der Waals surface area contributed by atoms with E-state index < -0.39 is 12.7 Å². The van der Waals surface area contributed by atoms with Crippen LogP contribution in [0.4, 0.5) is 18.0 Å². The van der Waals surface area contributed by atoms with Gasteiger partial charge in [-0.1, -0.05) is 18.2 Å². The molecule has 2 heterocycles. The lowest BCUT2D eigenvalue weighted by Crippen LogP contribution is -2.46. The Morgan fingerprint density at radius 2 is 2.12 bits per heavy atom. The third-order valence-electron chi connectivity index (χ3n) is 4.52. The van der Waals surface area contributed by atoms with Crippen molar-refractivity contribution in [3.05, 3.63) is 29.8 Å². The molecule has 2 aliphatic heterocycles. The van der Waals surface area contributed by atoms with Gasteiger partial charge in [-0.05, 0) is 24.5 Å². The molecule has 1 aromatic carbocycles. The van der Waals surface area contributed by atoms with Crippen LogP contribution in [0, 0.1) is 5.92 Å². The molecule has 1 fully saturated rings. The molecule has 2 unspecified atom stereocenters. The third-order valence-corrected chi connectivity index (χ3v) is 4.52. The Morgan fingerprint density at radius 1 is 1.32 bits per heavy atom. The minimum absolute atomic E-state index is 0.186. The summed E-state index contributed by atoms with van der Waals surface area (Å²) in [6, 6.07) is 7.24. The predicted octanol–water partition coefficient (Wildman–Crippen LogP) is 2.17. The number of fused-ring (bicyclic) bond motifs is 1. The number of rotatable bonds is 4. The summed E-state index contributed by atoms with van der Waals surface area (Å²) in [7, 11) is 0. The number of hydrogen-bond acceptors (Lipinski definition) is 3. The minimum Gasteiger partial charge on any atom is -0.493 e. The van der Waals surface area contributed by atoms with Crippen LogP contribution in [0.5, 0.6) is 5.75 Å². The number of carbonyl (C=O) groups excluding carboxylic acids is 1. The summed E-state index contributed by atoms with van der Waals surface area (Å²) in [6.07, 6.45) is -2.84. The molecule has 3 rings (SSSR count). The Balaban J connectivity index is 1.38. The lowest BCUT2D eigenvalue weighted by atomic mass is 9.97. The van der Waals surface area contributed by atoms with Crippen molar-refractivity contribution in [2.45, 2.75) is 25.1 Å². The van der Waals surface area contributed by atoms with Crippen LogP contribution >= 0.6 is 0 Å². The number of hydrogen-bond donors (Lipinski definition) is 2. The smallest absolute Gasteiger partial charge is 0.401 e. The number of benzene rings is 1. The Kier molecular flexibility index (Phi) is 5.36. The van der Waals surface area contributed by atoms with E-state index in [0.29, 0.717) is 26.1 Å². The number of alkyl halides is 3. The molecule has 2 atom stereocenters. The summed E-state index contributed by atoms with van der Waals surface area (Å²) in [6.45, 7) is 0.662. The van der Waals surface area contributed by atoms with E-state index in [2.05, 4.69) is 10.6 Å². The van der Waals surface area contributed by atoms with Crippen molar-refractivity contribution in [3.8, 4) is 5.75 Å². The van der Waals surface area contributed by atoms with E-state index in [9.17, 15) is 18.0 Å². The van der Waals surface area contributed by atoms with Crippen molar-refractivity contribution in [1.82, 2.24) is 15.5 Å². The maximum atomic E-state index is 12.4. The molecule has 138 valence electrons. The van der Waals surface area contributed by atoms with Crippen LogP contribution in [0.1, 0.15) is 12.0 Å². The molecule has 0 spiro atoms. The van der Waals surface area contributed by atoms with E-state index >= 15 is 0 Å². The lowest BCUT2D eigenvalue weighted by Gasteiger charge is -2.25. The largest absolute Gasteiger partial charge is 0.493 e. The van der Waals surface area contributed by atoms with E-state index in [1.54, 1.807) is 0 Å². The maximum absolute atomic E-state index is 12.4. The van der Waals surface area contributed by atoms with Crippen LogP contribution in [-0.2, 0) is 6.42 Å². The molecule has 25 heavy (non-hydrogen) atoms. The van der Waals surface area contributed by atoms with Gasteiger partial charge in [0.25, 0.3) is 0 Å². The van der Waals surface area contributed by atoms with Gasteiger partial charge in [-0.2, -0.15) is 13.2 Å². The number of ether oxygens (including phenoxy) is 1. The molecular weight excluding hydrogens is 335 g/mol. The second kappa shape index (κ2) is 7.51. The number of nitrogens with zero attached hydrogens (tertiary/aromatic N) is 1. The molecule has 0 bridgehead atoms. The quantitative estimate of drug-likeness (QED) is 0.868. The van der Waals surface area contributed by atoms with Crippen LogP contribution in [0.2, 0.25) is 0 Å². The van der Waals surface area contributed by atoms with Crippen molar-refractivity contribution in [2.24, 2.45) is 5.92 Å². The Bertz CT molecular complexity index is 609. The van der Waals surface area contributed by atoms with Gasteiger partial charge in [0.05, 0.1) is 13.2 Å². The first kappa shape index (κ1) is 17.8. The number of nitrogens with one attached hydrogen (secondary N) is 2. The van der Waals surface area contributed by atoms with E-state index in [-0.39, 0.29) is 24.5 Å². The van der Waals surface area contributed by atoms with Gasteiger partial charge < -0.3 is 15.4 Å². The fourth-order valence-electron chi connectivity index (χ4n) is 3.34. The summed E-state index contributed by atoms with van der Waals surface area (Å²) in [4.78, 5) is 13.3. The van der Waals surface area contributed by atoms with Gasteiger partial charge >= 0.3 is 12.2 Å². The number of carbonyl (C=O) groups is 1. The second-order valence-electron chi connectivity index (χ2n) is 6.68. The molecule has 5 nitrogen and oxygen atoms in total. The van der Waals surface area contributed by atoms with Gasteiger partial charge in [0.1, 0.15) is 5.75 Å². The fourth-order valence-corrected chi connectivity index (χ4v) is 3.34. The molecule has 0 aliphatic carbocycles. The summed E-state index contributed by atoms with van der Waals surface area (Å²) >= 11 is 0. The van der Waals surface area contributed by atoms with Crippen LogP contribution in [0.15, 0.2) is 24.3 Å². The zero-order valence-corrected chi connectivity index (χ0v) is 13.8. The Morgan fingerprint density at radius 3 is 2.92 bits per heavy atom. The van der Waals surface area contributed by atoms with Gasteiger partial charge in [0.15, 0.2) is 0 Å². The van der Waals surface area contributed by atoms with Gasteiger partial charge in [-0.15, -0.1) is 0 Å². The normalized spacial score (nSPS) is 23.6. The molecule has 1 saturated heterocycles. The van der Waals surface area contributed by atoms with E-state index in [4.69, 9.17) is 4.74 Å². The van der Waals surface area contributed by atoms with Gasteiger partial charge in [-0.3, -0.25) is 4.90 Å². The van der Waals surface area contributed by atoms with Crippen molar-refractivity contribution in [3.63, 3.8) is 0 Å². The SMILES string of the molecule is O=C(NCC1COc2ccccc2C1)NC1CCN(CC(F)(F)F)C1. The summed E-state index contributed by atoms with van der Waals surface area (Å²) in [5, 5.41) is 5.56. The van der Waals surface area contributed by atoms with E-state index in [1.165, 1.54) is 4.90 Å². The first-order chi connectivity index (χ1) is 11.9. The first-order valence-corrected chi connectivity index (χ1v) is 8.43. The molecule has 0 saturated carbocycles.